The monoisotopic (exact) mass is 381 g/mol. The minimum absolute atomic E-state index is 0.0293. The Labute approximate surface area is 163 Å². The predicted octanol–water partition coefficient (Wildman–Crippen LogP) is 6.10. The van der Waals surface area contributed by atoms with Crippen molar-refractivity contribution in [2.24, 2.45) is 5.73 Å². The molecule has 4 heteroatoms. The third-order valence-corrected chi connectivity index (χ3v) is 6.07. The molecule has 1 unspecified atom stereocenters. The molecule has 140 valence electrons. The van der Waals surface area contributed by atoms with E-state index >= 15 is 0 Å². The van der Waals surface area contributed by atoms with Crippen molar-refractivity contribution in [1.82, 2.24) is 0 Å². The number of Topliss-reactive ketones (excluding diaryl/α,β-unsaturated/α-hetero) is 1. The highest BCUT2D eigenvalue weighted by atomic mass is 32.1. The summed E-state index contributed by atoms with van der Waals surface area (Å²) in [4.78, 5) is 12.8. The maximum absolute atomic E-state index is 14.8. The van der Waals surface area contributed by atoms with Crippen molar-refractivity contribution < 1.29 is 9.18 Å². The molecule has 0 spiro atoms. The van der Waals surface area contributed by atoms with E-state index in [4.69, 9.17) is 5.73 Å². The lowest BCUT2D eigenvalue weighted by Crippen LogP contribution is -2.10. The quantitative estimate of drug-likeness (QED) is 0.542. The fraction of sp³-hybridized carbons (Fsp3) is 0.261. The molecule has 3 rings (SSSR count). The Balaban J connectivity index is 2.26. The number of ketones is 1. The predicted molar refractivity (Wildman–Crippen MR) is 112 cm³/mol. The van der Waals surface area contributed by atoms with Crippen LogP contribution in [-0.4, -0.2) is 12.3 Å². The molecule has 0 aliphatic carbocycles. The summed E-state index contributed by atoms with van der Waals surface area (Å²) in [6, 6.07) is 11.4. The van der Waals surface area contributed by atoms with Crippen LogP contribution in [0.4, 0.5) is 4.39 Å². The minimum atomic E-state index is -0.241. The molecule has 27 heavy (non-hydrogen) atoms. The lowest BCUT2D eigenvalue weighted by molar-refractivity contribution is 0.102. The summed E-state index contributed by atoms with van der Waals surface area (Å²) in [5.74, 6) is -0.224. The zero-order valence-corrected chi connectivity index (χ0v) is 16.9. The van der Waals surface area contributed by atoms with Gasteiger partial charge in [-0.2, -0.15) is 0 Å². The van der Waals surface area contributed by atoms with E-state index in [1.165, 1.54) is 11.3 Å². The number of thiophene rings is 1. The van der Waals surface area contributed by atoms with Gasteiger partial charge < -0.3 is 5.73 Å². The second kappa shape index (κ2) is 7.75. The summed E-state index contributed by atoms with van der Waals surface area (Å²) >= 11 is 1.45. The summed E-state index contributed by atoms with van der Waals surface area (Å²) in [5.41, 5.74) is 12.2. The average molecular weight is 382 g/mol. The van der Waals surface area contributed by atoms with Crippen LogP contribution < -0.4 is 5.73 Å². The van der Waals surface area contributed by atoms with Crippen LogP contribution in [0.2, 0.25) is 0 Å². The molecule has 2 aromatic carbocycles. The molecule has 2 nitrogen and oxygen atoms in total. The Morgan fingerprint density at radius 1 is 1.11 bits per heavy atom. The van der Waals surface area contributed by atoms with Gasteiger partial charge in [-0.15, -0.1) is 11.3 Å². The second-order valence-electron chi connectivity index (χ2n) is 7.04. The van der Waals surface area contributed by atoms with Crippen molar-refractivity contribution in [1.29, 1.82) is 0 Å². The van der Waals surface area contributed by atoms with Crippen molar-refractivity contribution in [3.8, 4) is 22.3 Å². The molecule has 0 saturated heterocycles. The Kier molecular flexibility index (Phi) is 5.59. The van der Waals surface area contributed by atoms with Gasteiger partial charge in [-0.05, 0) is 84.1 Å². The topological polar surface area (TPSA) is 43.1 Å². The fourth-order valence-electron chi connectivity index (χ4n) is 3.52. The summed E-state index contributed by atoms with van der Waals surface area (Å²) in [6.07, 6.45) is 0. The van der Waals surface area contributed by atoms with Gasteiger partial charge in [-0.3, -0.25) is 4.79 Å². The standard InChI is InChI=1S/C23H24FNOS/c1-13-5-6-14(2)22(19-9-10-27-23(19)16(4)26)21(13)17-7-8-18(15(3)12-25)20(24)11-17/h5-11,15H,12,25H2,1-4H3. The van der Waals surface area contributed by atoms with E-state index in [1.807, 2.05) is 50.4 Å². The van der Waals surface area contributed by atoms with Crippen LogP contribution in [0.1, 0.15) is 46.1 Å². The van der Waals surface area contributed by atoms with Crippen molar-refractivity contribution in [3.63, 3.8) is 0 Å². The summed E-state index contributed by atoms with van der Waals surface area (Å²) < 4.78 is 14.8. The summed E-state index contributed by atoms with van der Waals surface area (Å²) in [6.45, 7) is 7.96. The van der Waals surface area contributed by atoms with E-state index in [0.29, 0.717) is 12.1 Å². The number of aryl methyl sites for hydroxylation is 2. The van der Waals surface area contributed by atoms with Crippen LogP contribution in [0.3, 0.4) is 0 Å². The molecule has 0 amide bonds. The second-order valence-corrected chi connectivity index (χ2v) is 7.96. The first-order valence-electron chi connectivity index (χ1n) is 9.04. The van der Waals surface area contributed by atoms with Gasteiger partial charge in [0, 0.05) is 5.56 Å². The summed E-state index contributed by atoms with van der Waals surface area (Å²) in [5, 5.41) is 1.93. The Morgan fingerprint density at radius 3 is 2.37 bits per heavy atom. The van der Waals surface area contributed by atoms with Crippen molar-refractivity contribution >= 4 is 17.1 Å². The van der Waals surface area contributed by atoms with Crippen LogP contribution in [0.15, 0.2) is 41.8 Å². The van der Waals surface area contributed by atoms with Gasteiger partial charge in [0.25, 0.3) is 0 Å². The first-order valence-corrected chi connectivity index (χ1v) is 9.92. The number of benzene rings is 2. The molecule has 0 aliphatic rings. The zero-order valence-electron chi connectivity index (χ0n) is 16.1. The molecule has 0 saturated carbocycles. The number of rotatable bonds is 5. The molecule has 1 aromatic heterocycles. The van der Waals surface area contributed by atoms with Crippen LogP contribution >= 0.6 is 11.3 Å². The van der Waals surface area contributed by atoms with Crippen molar-refractivity contribution in [2.45, 2.75) is 33.6 Å². The molecular formula is C23H24FNOS. The maximum atomic E-state index is 14.8. The van der Waals surface area contributed by atoms with Crippen LogP contribution in [-0.2, 0) is 0 Å². The van der Waals surface area contributed by atoms with Gasteiger partial charge in [0.05, 0.1) is 4.88 Å². The third-order valence-electron chi connectivity index (χ3n) is 5.05. The average Bonchev–Trinajstić information content (AvgIpc) is 3.12. The Hall–Kier alpha value is -2.30. The van der Waals surface area contributed by atoms with E-state index in [2.05, 4.69) is 6.07 Å². The van der Waals surface area contributed by atoms with Crippen molar-refractivity contribution in [3.05, 3.63) is 69.2 Å². The number of halogens is 1. The molecule has 2 N–H and O–H groups in total. The molecular weight excluding hydrogens is 357 g/mol. The third kappa shape index (κ3) is 3.60. The van der Waals surface area contributed by atoms with Crippen LogP contribution in [0, 0.1) is 19.7 Å². The van der Waals surface area contributed by atoms with Gasteiger partial charge in [-0.1, -0.05) is 31.2 Å². The number of hydrogen-bond donors (Lipinski definition) is 1. The van der Waals surface area contributed by atoms with Crippen LogP contribution in [0.25, 0.3) is 22.3 Å². The number of carbonyl (C=O) groups is 1. The first-order chi connectivity index (χ1) is 12.8. The zero-order chi connectivity index (χ0) is 19.7. The Morgan fingerprint density at radius 2 is 1.78 bits per heavy atom. The molecule has 1 atom stereocenters. The minimum Gasteiger partial charge on any atom is -0.330 e. The van der Waals surface area contributed by atoms with E-state index < -0.39 is 0 Å². The van der Waals surface area contributed by atoms with Gasteiger partial charge in [0.2, 0.25) is 0 Å². The molecule has 0 bridgehead atoms. The van der Waals surface area contributed by atoms with E-state index in [1.54, 1.807) is 13.0 Å². The van der Waals surface area contributed by atoms with Gasteiger partial charge in [0.1, 0.15) is 5.82 Å². The van der Waals surface area contributed by atoms with E-state index in [9.17, 15) is 9.18 Å². The SMILES string of the molecule is CC(=O)c1sccc1-c1c(C)ccc(C)c1-c1ccc(C(C)CN)c(F)c1. The van der Waals surface area contributed by atoms with Crippen LogP contribution in [0.5, 0.6) is 0 Å². The lowest BCUT2D eigenvalue weighted by atomic mass is 9.86. The van der Waals surface area contributed by atoms with Gasteiger partial charge in [-0.25, -0.2) is 4.39 Å². The highest BCUT2D eigenvalue weighted by Crippen LogP contribution is 2.41. The highest BCUT2D eigenvalue weighted by Gasteiger charge is 2.20. The fourth-order valence-corrected chi connectivity index (χ4v) is 4.32. The van der Waals surface area contributed by atoms with E-state index in [0.717, 1.165) is 38.3 Å². The van der Waals surface area contributed by atoms with Gasteiger partial charge >= 0.3 is 0 Å². The largest absolute Gasteiger partial charge is 0.330 e. The molecule has 0 radical (unpaired) electrons. The van der Waals surface area contributed by atoms with Gasteiger partial charge in [0.15, 0.2) is 5.78 Å². The smallest absolute Gasteiger partial charge is 0.170 e. The number of carbonyl (C=O) groups excluding carboxylic acids is 1. The molecule has 0 aliphatic heterocycles. The number of hydrogen-bond acceptors (Lipinski definition) is 3. The molecule has 1 heterocycles. The summed E-state index contributed by atoms with van der Waals surface area (Å²) in [7, 11) is 0. The maximum Gasteiger partial charge on any atom is 0.170 e. The Bertz CT molecular complexity index is 1010. The normalized spacial score (nSPS) is 12.2. The number of nitrogens with two attached hydrogens (primary N) is 1. The highest BCUT2D eigenvalue weighted by molar-refractivity contribution is 7.12. The lowest BCUT2D eigenvalue weighted by Gasteiger charge is -2.18. The molecule has 0 fully saturated rings. The van der Waals surface area contributed by atoms with Crippen molar-refractivity contribution in [2.75, 3.05) is 6.54 Å². The first kappa shape index (κ1) is 19.5. The molecule has 3 aromatic rings. The van der Waals surface area contributed by atoms with E-state index in [-0.39, 0.29) is 17.5 Å².